The molecule has 0 saturated heterocycles. The molecule has 12 nitrogen and oxygen atoms in total. The molecular weight excluding hydrogens is 563 g/mol. The molecule has 14 heteroatoms. The number of halogens is 2. The minimum atomic E-state index is -0.537. The highest BCUT2D eigenvalue weighted by atomic mass is 35.5. The predicted molar refractivity (Wildman–Crippen MR) is 151 cm³/mol. The van der Waals surface area contributed by atoms with E-state index in [1.54, 1.807) is 44.8 Å². The Bertz CT molecular complexity index is 1210. The van der Waals surface area contributed by atoms with Crippen molar-refractivity contribution in [2.45, 2.75) is 39.7 Å². The lowest BCUT2D eigenvalue weighted by Gasteiger charge is -2.19. The molecule has 2 amide bonds. The molecule has 3 rings (SSSR count). The summed E-state index contributed by atoms with van der Waals surface area (Å²) >= 11 is 12.1. The third-order valence-electron chi connectivity index (χ3n) is 5.21. The van der Waals surface area contributed by atoms with Crippen molar-refractivity contribution in [1.29, 1.82) is 0 Å². The zero-order valence-corrected chi connectivity index (χ0v) is 24.5. The second kappa shape index (κ2) is 15.0. The number of ether oxygens (including phenoxy) is 4. The first-order chi connectivity index (χ1) is 19.0. The van der Waals surface area contributed by atoms with Crippen LogP contribution in [0, 0.1) is 6.92 Å². The fourth-order valence-corrected chi connectivity index (χ4v) is 3.66. The highest BCUT2D eigenvalue weighted by Gasteiger charge is 2.21. The highest BCUT2D eigenvalue weighted by Crippen LogP contribution is 2.28. The maximum Gasteiger partial charge on any atom is 0.407 e. The van der Waals surface area contributed by atoms with Gasteiger partial charge >= 0.3 is 12.1 Å². The number of aryl methyl sites for hydroxylation is 1. The number of aromatic nitrogens is 2. The minimum absolute atomic E-state index is 0.145. The van der Waals surface area contributed by atoms with E-state index in [2.05, 4.69) is 25.7 Å². The monoisotopic (exact) mass is 596 g/mol. The van der Waals surface area contributed by atoms with Gasteiger partial charge in [-0.2, -0.15) is 10.1 Å². The van der Waals surface area contributed by atoms with Gasteiger partial charge in [0, 0.05) is 25.7 Å². The molecule has 2 heterocycles. The van der Waals surface area contributed by atoms with E-state index in [0.29, 0.717) is 73.1 Å². The van der Waals surface area contributed by atoms with E-state index in [-0.39, 0.29) is 18.5 Å². The number of alkyl carbamates (subject to hydrolysis) is 1. The number of carbonyl (C=O) groups is 2. The number of hydrogen-bond acceptors (Lipinski definition) is 10. The number of rotatable bonds is 12. The summed E-state index contributed by atoms with van der Waals surface area (Å²) in [6.07, 6.45) is 1.49. The average molecular weight is 598 g/mol. The van der Waals surface area contributed by atoms with E-state index in [9.17, 15) is 9.59 Å². The van der Waals surface area contributed by atoms with Gasteiger partial charge in [-0.3, -0.25) is 9.80 Å². The van der Waals surface area contributed by atoms with Gasteiger partial charge in [0.15, 0.2) is 0 Å². The normalized spacial score (nSPS) is 13.2. The van der Waals surface area contributed by atoms with Gasteiger partial charge in [0.2, 0.25) is 0 Å². The molecule has 0 fully saturated rings. The van der Waals surface area contributed by atoms with Crippen LogP contribution < -0.4 is 20.4 Å². The Balaban J connectivity index is 1.32. The molecule has 1 aliphatic heterocycles. The van der Waals surface area contributed by atoms with Crippen molar-refractivity contribution < 1.29 is 28.5 Å². The molecule has 0 saturated carbocycles. The van der Waals surface area contributed by atoms with Crippen molar-refractivity contribution in [3.05, 3.63) is 45.7 Å². The van der Waals surface area contributed by atoms with E-state index in [1.807, 2.05) is 6.07 Å². The fraction of sp³-hybridized carbons (Fsp3) is 0.500. The molecule has 0 atom stereocenters. The maximum atomic E-state index is 12.8. The molecule has 1 aromatic carbocycles. The van der Waals surface area contributed by atoms with Crippen LogP contribution in [0.2, 0.25) is 10.0 Å². The van der Waals surface area contributed by atoms with Gasteiger partial charge in [-0.25, -0.2) is 9.78 Å². The number of hydrazone groups is 1. The van der Waals surface area contributed by atoms with Crippen LogP contribution in [0.3, 0.4) is 0 Å². The maximum absolute atomic E-state index is 12.8. The molecular formula is C26H34Cl2N6O6. The summed E-state index contributed by atoms with van der Waals surface area (Å²) in [4.78, 5) is 32.7. The van der Waals surface area contributed by atoms with Crippen LogP contribution in [-0.2, 0) is 14.2 Å². The van der Waals surface area contributed by atoms with Crippen molar-refractivity contribution in [1.82, 2.24) is 20.6 Å². The van der Waals surface area contributed by atoms with Crippen LogP contribution in [0.1, 0.15) is 43.2 Å². The summed E-state index contributed by atoms with van der Waals surface area (Å²) in [5.41, 5.74) is 1.03. The SMILES string of the molecule is Cc1nc(OCCOCCOCCNC(=O)OC(C)(C)C)ncc1C(=O)NC1=NN(c2ccc(Cl)c(Cl)c2)CC1. The number of nitrogens with one attached hydrogen (secondary N) is 2. The molecule has 218 valence electrons. The van der Waals surface area contributed by atoms with Gasteiger partial charge in [0.25, 0.3) is 5.91 Å². The lowest BCUT2D eigenvalue weighted by atomic mass is 10.2. The molecule has 2 aromatic rings. The number of benzene rings is 1. The van der Waals surface area contributed by atoms with Gasteiger partial charge < -0.3 is 29.6 Å². The Kier molecular flexibility index (Phi) is 11.7. The van der Waals surface area contributed by atoms with Gasteiger partial charge in [-0.15, -0.1) is 0 Å². The molecule has 0 radical (unpaired) electrons. The lowest BCUT2D eigenvalue weighted by molar-refractivity contribution is 0.0319. The summed E-state index contributed by atoms with van der Waals surface area (Å²) in [7, 11) is 0. The van der Waals surface area contributed by atoms with Crippen molar-refractivity contribution in [2.75, 3.05) is 51.1 Å². The number of anilines is 1. The number of amides is 2. The third kappa shape index (κ3) is 10.4. The van der Waals surface area contributed by atoms with Crippen LogP contribution in [0.15, 0.2) is 29.5 Å². The summed E-state index contributed by atoms with van der Waals surface area (Å²) in [6.45, 7) is 9.64. The van der Waals surface area contributed by atoms with Crippen LogP contribution in [0.4, 0.5) is 10.5 Å². The standard InChI is InChI=1S/C26H34Cl2N6O6/c1-17-19(23(35)32-22-7-9-34(33-22)18-5-6-20(27)21(28)15-18)16-30-24(31-17)39-14-13-38-12-11-37-10-8-29-25(36)40-26(2,3)4/h5-6,15-16H,7-14H2,1-4H3,(H,29,36)(H,32,33,35). The molecule has 0 aliphatic carbocycles. The highest BCUT2D eigenvalue weighted by molar-refractivity contribution is 6.42. The van der Waals surface area contributed by atoms with E-state index in [4.69, 9.17) is 42.1 Å². The predicted octanol–water partition coefficient (Wildman–Crippen LogP) is 3.98. The largest absolute Gasteiger partial charge is 0.461 e. The number of nitrogens with zero attached hydrogens (tertiary/aromatic N) is 4. The zero-order chi connectivity index (χ0) is 29.1. The molecule has 2 N–H and O–H groups in total. The second-order valence-electron chi connectivity index (χ2n) is 9.63. The van der Waals surface area contributed by atoms with Crippen LogP contribution in [0.25, 0.3) is 0 Å². The van der Waals surface area contributed by atoms with Crippen molar-refractivity contribution in [2.24, 2.45) is 5.10 Å². The Hall–Kier alpha value is -3.19. The van der Waals surface area contributed by atoms with Crippen molar-refractivity contribution in [3.63, 3.8) is 0 Å². The first kappa shape index (κ1) is 31.3. The summed E-state index contributed by atoms with van der Waals surface area (Å²) in [5.74, 6) is 0.166. The molecule has 1 aromatic heterocycles. The molecule has 0 spiro atoms. The zero-order valence-electron chi connectivity index (χ0n) is 23.0. The molecule has 1 aliphatic rings. The smallest absolute Gasteiger partial charge is 0.407 e. The Morgan fingerprint density at radius 3 is 2.48 bits per heavy atom. The number of amidine groups is 1. The van der Waals surface area contributed by atoms with Gasteiger partial charge in [-0.1, -0.05) is 23.2 Å². The summed E-state index contributed by atoms with van der Waals surface area (Å²) in [6, 6.07) is 5.38. The summed E-state index contributed by atoms with van der Waals surface area (Å²) in [5, 5.41) is 12.5. The first-order valence-electron chi connectivity index (χ1n) is 12.7. The van der Waals surface area contributed by atoms with Crippen molar-refractivity contribution >= 4 is 46.7 Å². The average Bonchev–Trinajstić information content (AvgIpc) is 3.34. The Morgan fingerprint density at radius 2 is 1.77 bits per heavy atom. The molecule has 0 unspecified atom stereocenters. The van der Waals surface area contributed by atoms with Crippen LogP contribution in [0.5, 0.6) is 6.01 Å². The van der Waals surface area contributed by atoms with Gasteiger partial charge in [0.1, 0.15) is 18.0 Å². The summed E-state index contributed by atoms with van der Waals surface area (Å²) < 4.78 is 21.5. The lowest BCUT2D eigenvalue weighted by Crippen LogP contribution is -2.34. The van der Waals surface area contributed by atoms with E-state index >= 15 is 0 Å². The first-order valence-corrected chi connectivity index (χ1v) is 13.5. The molecule has 40 heavy (non-hydrogen) atoms. The number of hydrogen-bond donors (Lipinski definition) is 2. The van der Waals surface area contributed by atoms with Gasteiger partial charge in [-0.05, 0) is 45.9 Å². The second-order valence-corrected chi connectivity index (χ2v) is 10.4. The third-order valence-corrected chi connectivity index (χ3v) is 5.95. The Labute approximate surface area is 243 Å². The fourth-order valence-electron chi connectivity index (χ4n) is 3.37. The van der Waals surface area contributed by atoms with E-state index in [0.717, 1.165) is 5.69 Å². The minimum Gasteiger partial charge on any atom is -0.461 e. The van der Waals surface area contributed by atoms with E-state index in [1.165, 1.54) is 6.20 Å². The van der Waals surface area contributed by atoms with Gasteiger partial charge in [0.05, 0.1) is 53.4 Å². The van der Waals surface area contributed by atoms with Crippen LogP contribution >= 0.6 is 23.2 Å². The van der Waals surface area contributed by atoms with E-state index < -0.39 is 11.7 Å². The topological polar surface area (TPSA) is 136 Å². The van der Waals surface area contributed by atoms with Crippen molar-refractivity contribution in [3.8, 4) is 6.01 Å². The van der Waals surface area contributed by atoms with Crippen LogP contribution in [-0.4, -0.2) is 79.5 Å². The Morgan fingerprint density at radius 1 is 1.05 bits per heavy atom. The quantitative estimate of drug-likeness (QED) is 0.348. The number of carbonyl (C=O) groups excluding carboxylic acids is 2. The molecule has 0 bridgehead atoms.